The van der Waals surface area contributed by atoms with Crippen LogP contribution in [0.1, 0.15) is 42.6 Å². The molecular weight excluding hydrogens is 300 g/mol. The number of nitrogens with zero attached hydrogens (tertiary/aromatic N) is 3. The smallest absolute Gasteiger partial charge is 0.222 e. The average Bonchev–Trinajstić information content (AvgIpc) is 3.18. The minimum atomic E-state index is 0.358. The van der Waals surface area contributed by atoms with Crippen LogP contribution in [0.3, 0.4) is 0 Å². The van der Waals surface area contributed by atoms with Crippen LogP contribution in [-0.2, 0) is 11.3 Å². The van der Waals surface area contributed by atoms with Crippen LogP contribution in [0, 0.1) is 13.8 Å². The van der Waals surface area contributed by atoms with Gasteiger partial charge in [-0.05, 0) is 50.3 Å². The lowest BCUT2D eigenvalue weighted by molar-refractivity contribution is -0.130. The number of carbonyl (C=O) groups is 1. The molecule has 5 nitrogen and oxygen atoms in total. The molecule has 0 radical (unpaired) electrons. The monoisotopic (exact) mass is 326 g/mol. The van der Waals surface area contributed by atoms with Crippen LogP contribution in [-0.4, -0.2) is 51.4 Å². The molecule has 2 saturated heterocycles. The van der Waals surface area contributed by atoms with Crippen molar-refractivity contribution >= 4 is 16.9 Å². The normalized spacial score (nSPS) is 20.4. The van der Waals surface area contributed by atoms with Crippen molar-refractivity contribution in [2.24, 2.45) is 0 Å². The second-order valence-corrected chi connectivity index (χ2v) is 7.29. The number of aryl methyl sites for hydroxylation is 2. The van der Waals surface area contributed by atoms with Crippen molar-refractivity contribution in [3.05, 3.63) is 29.1 Å². The SMILES string of the molecule is Cc1ccc2[nH]c(CN3CCC(N4CCCC4=O)CC3)nc2c1C. The molecular formula is C19H26N4O. The summed E-state index contributed by atoms with van der Waals surface area (Å²) in [4.78, 5) is 24.8. The molecule has 2 aliphatic rings. The molecule has 0 aliphatic carbocycles. The number of amides is 1. The zero-order valence-electron chi connectivity index (χ0n) is 14.6. The molecule has 0 saturated carbocycles. The third-order valence-corrected chi connectivity index (χ3v) is 5.71. The summed E-state index contributed by atoms with van der Waals surface area (Å²) in [6.45, 7) is 8.20. The predicted octanol–water partition coefficient (Wildman–Crippen LogP) is 2.77. The van der Waals surface area contributed by atoms with E-state index in [-0.39, 0.29) is 0 Å². The van der Waals surface area contributed by atoms with E-state index < -0.39 is 0 Å². The van der Waals surface area contributed by atoms with Gasteiger partial charge in [0.2, 0.25) is 5.91 Å². The number of likely N-dealkylation sites (tertiary alicyclic amines) is 2. The number of aromatic nitrogens is 2. The molecule has 2 aliphatic heterocycles. The number of rotatable bonds is 3. The third-order valence-electron chi connectivity index (χ3n) is 5.71. The lowest BCUT2D eigenvalue weighted by Crippen LogP contribution is -2.45. The predicted molar refractivity (Wildman–Crippen MR) is 94.8 cm³/mol. The Morgan fingerprint density at radius 3 is 2.71 bits per heavy atom. The van der Waals surface area contributed by atoms with Gasteiger partial charge in [0.05, 0.1) is 17.6 Å². The van der Waals surface area contributed by atoms with Crippen molar-refractivity contribution < 1.29 is 4.79 Å². The van der Waals surface area contributed by atoms with Crippen LogP contribution in [0.25, 0.3) is 11.0 Å². The maximum absolute atomic E-state index is 11.9. The van der Waals surface area contributed by atoms with E-state index in [9.17, 15) is 4.79 Å². The van der Waals surface area contributed by atoms with E-state index >= 15 is 0 Å². The average molecular weight is 326 g/mol. The van der Waals surface area contributed by atoms with Gasteiger partial charge in [-0.3, -0.25) is 9.69 Å². The van der Waals surface area contributed by atoms with Crippen molar-refractivity contribution in [1.29, 1.82) is 0 Å². The minimum absolute atomic E-state index is 0.358. The maximum atomic E-state index is 11.9. The number of aromatic amines is 1. The van der Waals surface area contributed by atoms with Gasteiger partial charge < -0.3 is 9.88 Å². The fraction of sp³-hybridized carbons (Fsp3) is 0.579. The fourth-order valence-corrected chi connectivity index (χ4v) is 4.10. The minimum Gasteiger partial charge on any atom is -0.341 e. The van der Waals surface area contributed by atoms with E-state index in [0.717, 1.165) is 68.7 Å². The summed E-state index contributed by atoms with van der Waals surface area (Å²) in [5.41, 5.74) is 4.78. The fourth-order valence-electron chi connectivity index (χ4n) is 4.10. The zero-order valence-corrected chi connectivity index (χ0v) is 14.6. The molecule has 24 heavy (non-hydrogen) atoms. The van der Waals surface area contributed by atoms with Gasteiger partial charge in [0.15, 0.2) is 0 Å². The number of carbonyl (C=O) groups excluding carboxylic acids is 1. The Labute approximate surface area is 143 Å². The summed E-state index contributed by atoms with van der Waals surface area (Å²) in [5, 5.41) is 0. The van der Waals surface area contributed by atoms with Crippen molar-refractivity contribution in [3.63, 3.8) is 0 Å². The first-order valence-electron chi connectivity index (χ1n) is 9.08. The summed E-state index contributed by atoms with van der Waals surface area (Å²) in [6, 6.07) is 4.73. The van der Waals surface area contributed by atoms with Gasteiger partial charge in [-0.1, -0.05) is 6.07 Å². The number of hydrogen-bond acceptors (Lipinski definition) is 3. The highest BCUT2D eigenvalue weighted by Gasteiger charge is 2.30. The molecule has 1 aromatic heterocycles. The molecule has 1 amide bonds. The molecule has 4 rings (SSSR count). The van der Waals surface area contributed by atoms with E-state index in [1.165, 1.54) is 11.1 Å². The molecule has 0 spiro atoms. The topological polar surface area (TPSA) is 52.2 Å². The Hall–Kier alpha value is -1.88. The van der Waals surface area contributed by atoms with Gasteiger partial charge in [0, 0.05) is 32.1 Å². The highest BCUT2D eigenvalue weighted by molar-refractivity contribution is 5.80. The Morgan fingerprint density at radius 2 is 2.00 bits per heavy atom. The number of piperidine rings is 1. The molecule has 1 N–H and O–H groups in total. The van der Waals surface area contributed by atoms with E-state index in [2.05, 4.69) is 40.8 Å². The Morgan fingerprint density at radius 1 is 1.21 bits per heavy atom. The second kappa shape index (κ2) is 6.20. The van der Waals surface area contributed by atoms with Gasteiger partial charge in [-0.25, -0.2) is 4.98 Å². The van der Waals surface area contributed by atoms with Crippen LogP contribution in [0.4, 0.5) is 0 Å². The molecule has 3 heterocycles. The van der Waals surface area contributed by atoms with Crippen molar-refractivity contribution in [2.75, 3.05) is 19.6 Å². The molecule has 2 fully saturated rings. The van der Waals surface area contributed by atoms with Gasteiger partial charge in [0.1, 0.15) is 5.82 Å². The molecule has 2 aromatic rings. The first-order valence-corrected chi connectivity index (χ1v) is 9.08. The van der Waals surface area contributed by atoms with Crippen LogP contribution in [0.2, 0.25) is 0 Å². The van der Waals surface area contributed by atoms with E-state index in [0.29, 0.717) is 11.9 Å². The van der Waals surface area contributed by atoms with Gasteiger partial charge in [-0.2, -0.15) is 0 Å². The largest absolute Gasteiger partial charge is 0.341 e. The van der Waals surface area contributed by atoms with E-state index in [1.807, 2.05) is 0 Å². The van der Waals surface area contributed by atoms with Gasteiger partial charge in [-0.15, -0.1) is 0 Å². The van der Waals surface area contributed by atoms with Crippen LogP contribution >= 0.6 is 0 Å². The molecule has 0 bridgehead atoms. The quantitative estimate of drug-likeness (QED) is 0.943. The van der Waals surface area contributed by atoms with Gasteiger partial charge in [0.25, 0.3) is 0 Å². The Balaban J connectivity index is 1.40. The first kappa shape index (κ1) is 15.6. The number of hydrogen-bond donors (Lipinski definition) is 1. The summed E-state index contributed by atoms with van der Waals surface area (Å²) in [5.74, 6) is 1.41. The molecule has 1 aromatic carbocycles. The Bertz CT molecular complexity index is 758. The summed E-state index contributed by atoms with van der Waals surface area (Å²) < 4.78 is 0. The van der Waals surface area contributed by atoms with Crippen molar-refractivity contribution in [1.82, 2.24) is 19.8 Å². The lowest BCUT2D eigenvalue weighted by atomic mass is 10.0. The second-order valence-electron chi connectivity index (χ2n) is 7.29. The van der Waals surface area contributed by atoms with Crippen molar-refractivity contribution in [3.8, 4) is 0 Å². The number of benzene rings is 1. The lowest BCUT2D eigenvalue weighted by Gasteiger charge is -2.36. The van der Waals surface area contributed by atoms with Crippen molar-refractivity contribution in [2.45, 2.75) is 52.1 Å². The highest BCUT2D eigenvalue weighted by atomic mass is 16.2. The number of nitrogens with one attached hydrogen (secondary N) is 1. The molecule has 0 atom stereocenters. The van der Waals surface area contributed by atoms with Gasteiger partial charge >= 0.3 is 0 Å². The van der Waals surface area contributed by atoms with Crippen LogP contribution in [0.15, 0.2) is 12.1 Å². The third kappa shape index (κ3) is 2.81. The number of fused-ring (bicyclic) bond motifs is 1. The van der Waals surface area contributed by atoms with Crippen LogP contribution < -0.4 is 0 Å². The Kier molecular flexibility index (Phi) is 4.04. The number of imidazole rings is 1. The number of H-pyrrole nitrogens is 1. The summed E-state index contributed by atoms with van der Waals surface area (Å²) >= 11 is 0. The standard InChI is InChI=1S/C19H26N4O/c1-13-5-6-16-19(14(13)2)21-17(20-16)12-22-10-7-15(8-11-22)23-9-3-4-18(23)24/h5-6,15H,3-4,7-12H2,1-2H3,(H,20,21). The first-order chi connectivity index (χ1) is 11.6. The van der Waals surface area contributed by atoms with Crippen LogP contribution in [0.5, 0.6) is 0 Å². The maximum Gasteiger partial charge on any atom is 0.222 e. The molecule has 0 unspecified atom stereocenters. The van der Waals surface area contributed by atoms with E-state index in [4.69, 9.17) is 4.98 Å². The van der Waals surface area contributed by atoms with E-state index in [1.54, 1.807) is 0 Å². The molecule has 5 heteroatoms. The summed E-state index contributed by atoms with van der Waals surface area (Å²) in [6.07, 6.45) is 3.96. The zero-order chi connectivity index (χ0) is 16.7. The summed E-state index contributed by atoms with van der Waals surface area (Å²) in [7, 11) is 0. The molecule has 128 valence electrons. The highest BCUT2D eigenvalue weighted by Crippen LogP contribution is 2.24.